The average molecular weight is 403 g/mol. The monoisotopic (exact) mass is 402 g/mol. The number of hydrogen-bond donors (Lipinski definition) is 1. The normalized spacial score (nSPS) is 18.6. The first kappa shape index (κ1) is 20.9. The van der Waals surface area contributed by atoms with Gasteiger partial charge in [0.05, 0.1) is 13.0 Å². The van der Waals surface area contributed by atoms with Crippen molar-refractivity contribution in [2.75, 3.05) is 26.7 Å². The van der Waals surface area contributed by atoms with Crippen LogP contribution in [-0.4, -0.2) is 43.6 Å². The Hall–Kier alpha value is -1.78. The topological polar surface area (TPSA) is 41.6 Å². The fourth-order valence-corrected chi connectivity index (χ4v) is 4.01. The Morgan fingerprint density at radius 3 is 2.46 bits per heavy atom. The molecule has 1 atom stereocenters. The largest absolute Gasteiger partial charge is 0.497 e. The van der Waals surface area contributed by atoms with Crippen molar-refractivity contribution in [3.8, 4) is 5.75 Å². The number of carbonyl (C=O) groups excluding carboxylic acids is 1. The summed E-state index contributed by atoms with van der Waals surface area (Å²) in [5.74, 6) is 1.92. The van der Waals surface area contributed by atoms with E-state index in [1.165, 1.54) is 12.8 Å². The zero-order chi connectivity index (χ0) is 18.8. The Labute approximate surface area is 174 Å². The van der Waals surface area contributed by atoms with E-state index in [9.17, 15) is 4.79 Å². The minimum atomic E-state index is -0.104. The molecule has 5 heteroatoms. The highest BCUT2D eigenvalue weighted by Crippen LogP contribution is 2.29. The summed E-state index contributed by atoms with van der Waals surface area (Å²) in [6.45, 7) is 4.94. The maximum atomic E-state index is 13.0. The van der Waals surface area contributed by atoms with E-state index in [1.54, 1.807) is 7.11 Å². The number of nitrogens with one attached hydrogen (secondary N) is 1. The summed E-state index contributed by atoms with van der Waals surface area (Å²) in [6, 6.07) is 13.0. The number of likely N-dealkylation sites (tertiary alicyclic amines) is 1. The molecule has 0 radical (unpaired) electrons. The highest BCUT2D eigenvalue weighted by molar-refractivity contribution is 5.88. The van der Waals surface area contributed by atoms with Crippen LogP contribution in [0.25, 0.3) is 10.8 Å². The summed E-state index contributed by atoms with van der Waals surface area (Å²) in [5, 5.41) is 5.97. The van der Waals surface area contributed by atoms with E-state index in [0.29, 0.717) is 6.04 Å². The van der Waals surface area contributed by atoms with Crippen LogP contribution in [0.3, 0.4) is 0 Å². The number of ether oxygens (including phenoxy) is 1. The van der Waals surface area contributed by atoms with Gasteiger partial charge in [0.25, 0.3) is 0 Å². The van der Waals surface area contributed by atoms with Gasteiger partial charge in [0.1, 0.15) is 5.75 Å². The van der Waals surface area contributed by atoms with E-state index in [4.69, 9.17) is 4.74 Å². The first-order valence-corrected chi connectivity index (χ1v) is 10.2. The third-order valence-corrected chi connectivity index (χ3v) is 6.14. The smallest absolute Gasteiger partial charge is 0.229 e. The number of halogens is 1. The van der Waals surface area contributed by atoms with Crippen LogP contribution in [-0.2, 0) is 4.79 Å². The van der Waals surface area contributed by atoms with Crippen LogP contribution in [0.5, 0.6) is 5.75 Å². The molecule has 28 heavy (non-hydrogen) atoms. The fraction of sp³-hybridized carbons (Fsp3) is 0.522. The number of piperidine rings is 1. The van der Waals surface area contributed by atoms with Crippen molar-refractivity contribution in [1.29, 1.82) is 0 Å². The zero-order valence-electron chi connectivity index (χ0n) is 16.8. The first-order chi connectivity index (χ1) is 13.1. The predicted molar refractivity (Wildman–Crippen MR) is 116 cm³/mol. The van der Waals surface area contributed by atoms with Gasteiger partial charge in [-0.05, 0) is 73.5 Å². The lowest BCUT2D eigenvalue weighted by molar-refractivity contribution is -0.133. The lowest BCUT2D eigenvalue weighted by atomic mass is 9.95. The standard InChI is InChI=1S/C23H30N2O2.ClH/c1-16(18-5-6-20-14-22(27-2)8-7-19(20)13-18)23(26)25-11-9-21(10-12-25)24-15-17-3-4-17;/h5-8,13-14,16-17,21,24H,3-4,9-12,15H2,1-2H3;1H. The van der Waals surface area contributed by atoms with Gasteiger partial charge in [0, 0.05) is 19.1 Å². The number of carbonyl (C=O) groups is 1. The van der Waals surface area contributed by atoms with Gasteiger partial charge in [0.15, 0.2) is 0 Å². The molecule has 1 aliphatic heterocycles. The number of benzene rings is 2. The molecule has 1 aliphatic carbocycles. The summed E-state index contributed by atoms with van der Waals surface area (Å²) in [5.41, 5.74) is 1.09. The molecular weight excluding hydrogens is 372 g/mol. The van der Waals surface area contributed by atoms with Crippen molar-refractivity contribution in [3.63, 3.8) is 0 Å². The van der Waals surface area contributed by atoms with Gasteiger partial charge < -0.3 is 15.0 Å². The van der Waals surface area contributed by atoms with Gasteiger partial charge in [-0.15, -0.1) is 12.4 Å². The number of amides is 1. The quantitative estimate of drug-likeness (QED) is 0.780. The molecule has 2 aromatic rings. The maximum absolute atomic E-state index is 13.0. The SMILES string of the molecule is COc1ccc2cc(C(C)C(=O)N3CCC(NCC4CC4)CC3)ccc2c1.Cl. The summed E-state index contributed by atoms with van der Waals surface area (Å²) < 4.78 is 5.29. The van der Waals surface area contributed by atoms with Crippen molar-refractivity contribution in [2.24, 2.45) is 5.92 Å². The number of methoxy groups -OCH3 is 1. The molecule has 152 valence electrons. The van der Waals surface area contributed by atoms with E-state index >= 15 is 0 Å². The molecule has 1 N–H and O–H groups in total. The van der Waals surface area contributed by atoms with Crippen LogP contribution in [0.2, 0.25) is 0 Å². The predicted octanol–water partition coefficient (Wildman–Crippen LogP) is 4.36. The van der Waals surface area contributed by atoms with Crippen LogP contribution >= 0.6 is 12.4 Å². The molecule has 1 saturated carbocycles. The van der Waals surface area contributed by atoms with Crippen LogP contribution in [0.1, 0.15) is 44.1 Å². The molecule has 2 aromatic carbocycles. The van der Waals surface area contributed by atoms with Crippen molar-refractivity contribution >= 4 is 29.1 Å². The third-order valence-electron chi connectivity index (χ3n) is 6.14. The van der Waals surface area contributed by atoms with Crippen molar-refractivity contribution < 1.29 is 9.53 Å². The van der Waals surface area contributed by atoms with Crippen LogP contribution in [0.4, 0.5) is 0 Å². The molecule has 1 unspecified atom stereocenters. The summed E-state index contributed by atoms with van der Waals surface area (Å²) in [7, 11) is 1.68. The van der Waals surface area contributed by atoms with E-state index in [1.807, 2.05) is 19.1 Å². The molecule has 4 nitrogen and oxygen atoms in total. The second-order valence-electron chi connectivity index (χ2n) is 8.15. The van der Waals surface area contributed by atoms with E-state index in [0.717, 1.165) is 60.5 Å². The molecule has 2 aliphatic rings. The van der Waals surface area contributed by atoms with Gasteiger partial charge in [-0.1, -0.05) is 24.3 Å². The van der Waals surface area contributed by atoms with E-state index in [2.05, 4.69) is 34.5 Å². The zero-order valence-corrected chi connectivity index (χ0v) is 17.6. The number of fused-ring (bicyclic) bond motifs is 1. The summed E-state index contributed by atoms with van der Waals surface area (Å²) in [4.78, 5) is 15.1. The van der Waals surface area contributed by atoms with Gasteiger partial charge in [-0.25, -0.2) is 0 Å². The van der Waals surface area contributed by atoms with Crippen molar-refractivity contribution in [1.82, 2.24) is 10.2 Å². The molecule has 0 aromatic heterocycles. The van der Waals surface area contributed by atoms with Gasteiger partial charge >= 0.3 is 0 Å². The Balaban J connectivity index is 0.00000225. The van der Waals surface area contributed by atoms with Gasteiger partial charge in [0.2, 0.25) is 5.91 Å². The molecule has 1 saturated heterocycles. The second kappa shape index (κ2) is 9.15. The van der Waals surface area contributed by atoms with Crippen LogP contribution in [0, 0.1) is 5.92 Å². The molecule has 4 rings (SSSR count). The Morgan fingerprint density at radius 2 is 1.79 bits per heavy atom. The molecule has 2 fully saturated rings. The van der Waals surface area contributed by atoms with Crippen LogP contribution < -0.4 is 10.1 Å². The van der Waals surface area contributed by atoms with Gasteiger partial charge in [-0.3, -0.25) is 4.79 Å². The average Bonchev–Trinajstić information content (AvgIpc) is 3.55. The molecule has 0 bridgehead atoms. The Morgan fingerprint density at radius 1 is 1.11 bits per heavy atom. The highest BCUT2D eigenvalue weighted by atomic mass is 35.5. The maximum Gasteiger partial charge on any atom is 0.229 e. The molecule has 1 heterocycles. The van der Waals surface area contributed by atoms with E-state index < -0.39 is 0 Å². The molecule has 1 amide bonds. The van der Waals surface area contributed by atoms with Crippen molar-refractivity contribution in [3.05, 3.63) is 42.0 Å². The Kier molecular flexibility index (Phi) is 6.84. The fourth-order valence-electron chi connectivity index (χ4n) is 4.01. The van der Waals surface area contributed by atoms with Gasteiger partial charge in [-0.2, -0.15) is 0 Å². The highest BCUT2D eigenvalue weighted by Gasteiger charge is 2.28. The first-order valence-electron chi connectivity index (χ1n) is 10.2. The van der Waals surface area contributed by atoms with Crippen LogP contribution in [0.15, 0.2) is 36.4 Å². The minimum absolute atomic E-state index is 0. The Bertz CT molecular complexity index is 813. The number of rotatable bonds is 6. The van der Waals surface area contributed by atoms with Crippen molar-refractivity contribution in [2.45, 2.75) is 44.6 Å². The van der Waals surface area contributed by atoms with E-state index in [-0.39, 0.29) is 24.2 Å². The summed E-state index contributed by atoms with van der Waals surface area (Å²) in [6.07, 6.45) is 4.92. The second-order valence-corrected chi connectivity index (χ2v) is 8.15. The third kappa shape index (κ3) is 4.79. The summed E-state index contributed by atoms with van der Waals surface area (Å²) >= 11 is 0. The lowest BCUT2D eigenvalue weighted by Gasteiger charge is -2.34. The molecule has 0 spiro atoms. The lowest BCUT2D eigenvalue weighted by Crippen LogP contribution is -2.46. The number of nitrogens with zero attached hydrogens (tertiary/aromatic N) is 1. The molecular formula is C23H31ClN2O2. The number of hydrogen-bond acceptors (Lipinski definition) is 3. The minimum Gasteiger partial charge on any atom is -0.497 e.